The highest BCUT2D eigenvalue weighted by Crippen LogP contribution is 2.22. The number of benzene rings is 1. The van der Waals surface area contributed by atoms with Crippen LogP contribution in [-0.2, 0) is 11.3 Å². The SMILES string of the molecule is COc1cc(/C(C)=N/NC(N)=O)ccc1CN1CCOCC1.Cl. The summed E-state index contributed by atoms with van der Waals surface area (Å²) in [6.45, 7) is 6.01. The Bertz CT molecular complexity index is 560. The van der Waals surface area contributed by atoms with Crippen LogP contribution in [0.2, 0.25) is 0 Å². The Balaban J connectivity index is 0.00000264. The molecule has 8 heteroatoms. The Morgan fingerprint density at radius 2 is 2.13 bits per heavy atom. The number of hydrogen-bond donors (Lipinski definition) is 2. The number of ether oxygens (including phenoxy) is 2. The Hall–Kier alpha value is -1.83. The average Bonchev–Trinajstić information content (AvgIpc) is 2.54. The lowest BCUT2D eigenvalue weighted by Gasteiger charge is -2.27. The summed E-state index contributed by atoms with van der Waals surface area (Å²) in [7, 11) is 1.65. The van der Waals surface area contributed by atoms with Crippen LogP contribution in [0.4, 0.5) is 4.79 Å². The van der Waals surface area contributed by atoms with Crippen molar-refractivity contribution in [3.63, 3.8) is 0 Å². The van der Waals surface area contributed by atoms with E-state index >= 15 is 0 Å². The number of hydrazone groups is 1. The summed E-state index contributed by atoms with van der Waals surface area (Å²) in [6.07, 6.45) is 0. The van der Waals surface area contributed by atoms with Gasteiger partial charge >= 0.3 is 6.03 Å². The van der Waals surface area contributed by atoms with E-state index in [2.05, 4.69) is 15.4 Å². The highest BCUT2D eigenvalue weighted by atomic mass is 35.5. The minimum Gasteiger partial charge on any atom is -0.496 e. The molecule has 0 saturated carbocycles. The van der Waals surface area contributed by atoms with Crippen LogP contribution in [-0.4, -0.2) is 50.1 Å². The molecule has 2 rings (SSSR count). The van der Waals surface area contributed by atoms with Gasteiger partial charge in [0.05, 0.1) is 26.0 Å². The van der Waals surface area contributed by atoms with Gasteiger partial charge in [0.1, 0.15) is 5.75 Å². The van der Waals surface area contributed by atoms with E-state index in [1.54, 1.807) is 14.0 Å². The van der Waals surface area contributed by atoms with E-state index < -0.39 is 6.03 Å². The molecule has 1 aromatic carbocycles. The molecule has 1 aromatic rings. The smallest absolute Gasteiger partial charge is 0.332 e. The number of urea groups is 1. The maximum absolute atomic E-state index is 10.7. The zero-order valence-electron chi connectivity index (χ0n) is 13.4. The molecule has 0 bridgehead atoms. The second kappa shape index (κ2) is 9.34. The van der Waals surface area contributed by atoms with Gasteiger partial charge in [0.2, 0.25) is 0 Å². The predicted molar refractivity (Wildman–Crippen MR) is 91.3 cm³/mol. The van der Waals surface area contributed by atoms with Crippen molar-refractivity contribution in [2.75, 3.05) is 33.4 Å². The third-order valence-corrected chi connectivity index (χ3v) is 3.54. The van der Waals surface area contributed by atoms with Gasteiger partial charge in [0, 0.05) is 30.8 Å². The topological polar surface area (TPSA) is 89.2 Å². The van der Waals surface area contributed by atoms with E-state index in [4.69, 9.17) is 15.2 Å². The fourth-order valence-electron chi connectivity index (χ4n) is 2.30. The van der Waals surface area contributed by atoms with Crippen molar-refractivity contribution in [3.05, 3.63) is 29.3 Å². The van der Waals surface area contributed by atoms with E-state index in [-0.39, 0.29) is 12.4 Å². The number of halogens is 1. The number of methoxy groups -OCH3 is 1. The average molecular weight is 343 g/mol. The van der Waals surface area contributed by atoms with E-state index in [0.717, 1.165) is 49.7 Å². The number of nitrogens with zero attached hydrogens (tertiary/aromatic N) is 2. The lowest BCUT2D eigenvalue weighted by Crippen LogP contribution is -2.35. The summed E-state index contributed by atoms with van der Waals surface area (Å²) in [6, 6.07) is 5.21. The van der Waals surface area contributed by atoms with E-state index in [1.165, 1.54) is 0 Å². The van der Waals surface area contributed by atoms with Crippen LogP contribution < -0.4 is 15.9 Å². The van der Waals surface area contributed by atoms with Crippen LogP contribution >= 0.6 is 12.4 Å². The molecule has 0 unspecified atom stereocenters. The number of morpholine rings is 1. The van der Waals surface area contributed by atoms with Crippen molar-refractivity contribution in [3.8, 4) is 5.75 Å². The third-order valence-electron chi connectivity index (χ3n) is 3.54. The lowest BCUT2D eigenvalue weighted by atomic mass is 10.1. The van der Waals surface area contributed by atoms with Gasteiger partial charge in [-0.2, -0.15) is 5.10 Å². The van der Waals surface area contributed by atoms with Crippen LogP contribution in [0, 0.1) is 0 Å². The number of amides is 2. The Labute approximate surface area is 142 Å². The van der Waals surface area contributed by atoms with Gasteiger partial charge < -0.3 is 15.2 Å². The van der Waals surface area contributed by atoms with Gasteiger partial charge in [0.15, 0.2) is 0 Å². The van der Waals surface area contributed by atoms with Crippen molar-refractivity contribution in [2.45, 2.75) is 13.5 Å². The van der Waals surface area contributed by atoms with E-state index in [0.29, 0.717) is 5.71 Å². The van der Waals surface area contributed by atoms with Crippen molar-refractivity contribution in [2.24, 2.45) is 10.8 Å². The summed E-state index contributed by atoms with van der Waals surface area (Å²) >= 11 is 0. The predicted octanol–water partition coefficient (Wildman–Crippen LogP) is 1.34. The minimum atomic E-state index is -0.685. The zero-order valence-corrected chi connectivity index (χ0v) is 14.2. The first-order chi connectivity index (χ1) is 10.6. The van der Waals surface area contributed by atoms with Crippen LogP contribution in [0.1, 0.15) is 18.1 Å². The molecule has 1 aliphatic heterocycles. The number of nitrogens with one attached hydrogen (secondary N) is 1. The number of carbonyl (C=O) groups excluding carboxylic acids is 1. The van der Waals surface area contributed by atoms with Crippen molar-refractivity contribution in [1.82, 2.24) is 10.3 Å². The first-order valence-corrected chi connectivity index (χ1v) is 7.17. The molecule has 2 amide bonds. The van der Waals surface area contributed by atoms with Crippen LogP contribution in [0.15, 0.2) is 23.3 Å². The minimum absolute atomic E-state index is 0. The molecule has 0 aliphatic carbocycles. The van der Waals surface area contributed by atoms with Crippen LogP contribution in [0.3, 0.4) is 0 Å². The molecule has 3 N–H and O–H groups in total. The first-order valence-electron chi connectivity index (χ1n) is 7.17. The normalized spacial score (nSPS) is 15.7. The molecule has 1 heterocycles. The largest absolute Gasteiger partial charge is 0.496 e. The molecular weight excluding hydrogens is 320 g/mol. The number of carbonyl (C=O) groups is 1. The molecule has 0 spiro atoms. The Morgan fingerprint density at radius 1 is 1.43 bits per heavy atom. The van der Waals surface area contributed by atoms with Crippen molar-refractivity contribution >= 4 is 24.1 Å². The van der Waals surface area contributed by atoms with Gasteiger partial charge in [-0.05, 0) is 13.0 Å². The molecule has 1 aliphatic rings. The number of rotatable bonds is 5. The summed E-state index contributed by atoms with van der Waals surface area (Å²) in [5.74, 6) is 0.803. The second-order valence-electron chi connectivity index (χ2n) is 5.09. The maximum Gasteiger partial charge on any atom is 0.332 e. The second-order valence-corrected chi connectivity index (χ2v) is 5.09. The highest BCUT2D eigenvalue weighted by Gasteiger charge is 2.14. The molecule has 0 aromatic heterocycles. The zero-order chi connectivity index (χ0) is 15.9. The lowest BCUT2D eigenvalue weighted by molar-refractivity contribution is 0.0339. The van der Waals surface area contributed by atoms with Gasteiger partial charge in [0.25, 0.3) is 0 Å². The highest BCUT2D eigenvalue weighted by molar-refractivity contribution is 5.99. The molecule has 1 fully saturated rings. The first kappa shape index (κ1) is 19.2. The number of primary amides is 1. The molecule has 0 radical (unpaired) electrons. The third kappa shape index (κ3) is 5.70. The standard InChI is InChI=1S/C15H22N4O3.ClH/c1-11(17-18-15(16)20)12-3-4-13(14(9-12)21-2)10-19-5-7-22-8-6-19;/h3-4,9H,5-8,10H2,1-2H3,(H3,16,18,20);1H/b17-11+;. The summed E-state index contributed by atoms with van der Waals surface area (Å²) in [5, 5.41) is 3.92. The van der Waals surface area contributed by atoms with Gasteiger partial charge in [-0.25, -0.2) is 10.2 Å². The van der Waals surface area contributed by atoms with E-state index in [1.807, 2.05) is 18.2 Å². The van der Waals surface area contributed by atoms with Gasteiger partial charge in [-0.1, -0.05) is 12.1 Å². The maximum atomic E-state index is 10.7. The fraction of sp³-hybridized carbons (Fsp3) is 0.467. The van der Waals surface area contributed by atoms with Crippen LogP contribution in [0.25, 0.3) is 0 Å². The monoisotopic (exact) mass is 342 g/mol. The molecular formula is C15H23ClN4O3. The molecule has 23 heavy (non-hydrogen) atoms. The molecule has 1 saturated heterocycles. The number of nitrogens with two attached hydrogens (primary N) is 1. The summed E-state index contributed by atoms with van der Waals surface area (Å²) < 4.78 is 10.8. The number of hydrogen-bond acceptors (Lipinski definition) is 5. The quantitative estimate of drug-likeness (QED) is 0.624. The molecule has 0 atom stereocenters. The molecule has 7 nitrogen and oxygen atoms in total. The van der Waals surface area contributed by atoms with Gasteiger partial charge in [-0.15, -0.1) is 12.4 Å². The Morgan fingerprint density at radius 3 is 2.74 bits per heavy atom. The van der Waals surface area contributed by atoms with E-state index in [9.17, 15) is 4.79 Å². The fourth-order valence-corrected chi connectivity index (χ4v) is 2.30. The van der Waals surface area contributed by atoms with Crippen LogP contribution in [0.5, 0.6) is 5.75 Å². The Kier molecular flexibility index (Phi) is 7.80. The summed E-state index contributed by atoms with van der Waals surface area (Å²) in [4.78, 5) is 13.0. The van der Waals surface area contributed by atoms with Gasteiger partial charge in [-0.3, -0.25) is 4.90 Å². The molecule has 128 valence electrons. The summed E-state index contributed by atoms with van der Waals surface area (Å²) in [5.41, 5.74) is 9.88. The van der Waals surface area contributed by atoms with Crippen molar-refractivity contribution < 1.29 is 14.3 Å². The van der Waals surface area contributed by atoms with Crippen molar-refractivity contribution in [1.29, 1.82) is 0 Å².